The summed E-state index contributed by atoms with van der Waals surface area (Å²) in [6.45, 7) is 5.51. The normalized spacial score (nSPS) is 11.0. The Bertz CT molecular complexity index is 1150. The third-order valence-electron chi connectivity index (χ3n) is 5.16. The Morgan fingerprint density at radius 2 is 1.97 bits per heavy atom. The number of carbonyl (C=O) groups excluding carboxylic acids is 1. The summed E-state index contributed by atoms with van der Waals surface area (Å²) in [6.07, 6.45) is 2.98. The van der Waals surface area contributed by atoms with Crippen molar-refractivity contribution in [3.05, 3.63) is 53.4 Å². The third-order valence-corrected chi connectivity index (χ3v) is 5.72. The number of nitrogens with one attached hydrogen (secondary N) is 3. The number of pyridine rings is 1. The zero-order valence-electron chi connectivity index (χ0n) is 19.7. The van der Waals surface area contributed by atoms with E-state index in [1.807, 2.05) is 7.05 Å². The summed E-state index contributed by atoms with van der Waals surface area (Å²) < 4.78 is 14.3. The molecule has 35 heavy (non-hydrogen) atoms. The molecule has 8 nitrogen and oxygen atoms in total. The van der Waals surface area contributed by atoms with E-state index < -0.39 is 5.82 Å². The van der Waals surface area contributed by atoms with Gasteiger partial charge in [-0.25, -0.2) is 9.37 Å². The van der Waals surface area contributed by atoms with Crippen LogP contribution in [0.2, 0.25) is 5.02 Å². The highest BCUT2D eigenvalue weighted by Crippen LogP contribution is 2.30. The van der Waals surface area contributed by atoms with Crippen LogP contribution >= 0.6 is 24.2 Å². The fourth-order valence-corrected chi connectivity index (χ4v) is 3.76. The van der Waals surface area contributed by atoms with Crippen LogP contribution < -0.4 is 16.0 Å². The molecular formula is C24H29ClFN7OS. The number of anilines is 3. The van der Waals surface area contributed by atoms with Crippen molar-refractivity contribution in [2.75, 3.05) is 43.9 Å². The topological polar surface area (TPSA) is 95.1 Å². The summed E-state index contributed by atoms with van der Waals surface area (Å²) in [4.78, 5) is 19.0. The van der Waals surface area contributed by atoms with Crippen LogP contribution in [0, 0.1) is 5.82 Å². The summed E-state index contributed by atoms with van der Waals surface area (Å²) in [5.74, 6) is -0.153. The van der Waals surface area contributed by atoms with Crippen molar-refractivity contribution in [3.63, 3.8) is 0 Å². The molecule has 0 atom stereocenters. The lowest BCUT2D eigenvalue weighted by Gasteiger charge is -2.21. The number of halogens is 2. The molecule has 3 rings (SSSR count). The van der Waals surface area contributed by atoms with E-state index in [0.29, 0.717) is 45.9 Å². The second-order valence-corrected chi connectivity index (χ2v) is 8.75. The molecule has 0 saturated heterocycles. The van der Waals surface area contributed by atoms with Crippen LogP contribution in [0.1, 0.15) is 19.8 Å². The van der Waals surface area contributed by atoms with Crippen LogP contribution in [-0.2, 0) is 4.79 Å². The first kappa shape index (κ1) is 26.8. The van der Waals surface area contributed by atoms with Gasteiger partial charge in [-0.1, -0.05) is 18.5 Å². The quantitative estimate of drug-likeness (QED) is 0.260. The summed E-state index contributed by atoms with van der Waals surface area (Å²) in [6, 6.07) is 9.32. The molecule has 0 unspecified atom stereocenters. The maximum absolute atomic E-state index is 14.3. The zero-order valence-corrected chi connectivity index (χ0v) is 21.3. The Morgan fingerprint density at radius 3 is 2.74 bits per heavy atom. The minimum absolute atomic E-state index is 0.112. The predicted octanol–water partition coefficient (Wildman–Crippen LogP) is 4.62. The molecule has 11 heteroatoms. The lowest BCUT2D eigenvalue weighted by atomic mass is 10.1. The molecular weight excluding hydrogens is 489 g/mol. The van der Waals surface area contributed by atoms with Gasteiger partial charge in [-0.15, -0.1) is 22.8 Å². The molecule has 1 aromatic carbocycles. The summed E-state index contributed by atoms with van der Waals surface area (Å²) in [5.41, 5.74) is 1.71. The lowest BCUT2D eigenvalue weighted by molar-refractivity contribution is -0.116. The number of nitrogens with zero attached hydrogens (tertiary/aromatic N) is 4. The van der Waals surface area contributed by atoms with Crippen LogP contribution in [-0.4, -0.2) is 59.2 Å². The molecule has 0 aliphatic carbocycles. The Labute approximate surface area is 215 Å². The molecule has 0 saturated carbocycles. The predicted molar refractivity (Wildman–Crippen MR) is 141 cm³/mol. The summed E-state index contributed by atoms with van der Waals surface area (Å²) >= 11 is 10.4. The average Bonchev–Trinajstić information content (AvgIpc) is 2.84. The summed E-state index contributed by atoms with van der Waals surface area (Å²) in [7, 11) is 1.92. The van der Waals surface area contributed by atoms with Gasteiger partial charge in [0.1, 0.15) is 16.7 Å². The number of aromatic nitrogens is 3. The van der Waals surface area contributed by atoms with E-state index in [4.69, 9.17) is 11.6 Å². The first-order valence-corrected chi connectivity index (χ1v) is 12.1. The zero-order chi connectivity index (χ0) is 25.2. The SMILES string of the molecule is CCCN(CCNC)CCC(=O)Nc1cc(Nc2cc(-c3cc(Cl)ccc3F)nnc2S)ccn1. The number of benzene rings is 1. The number of amides is 1. The van der Waals surface area contributed by atoms with E-state index in [2.05, 4.69) is 55.6 Å². The van der Waals surface area contributed by atoms with Crippen molar-refractivity contribution < 1.29 is 9.18 Å². The molecule has 0 radical (unpaired) electrons. The van der Waals surface area contributed by atoms with Crippen molar-refractivity contribution >= 4 is 47.3 Å². The highest BCUT2D eigenvalue weighted by Gasteiger charge is 2.13. The number of likely N-dealkylation sites (N-methyl/N-ethyl adjacent to an activating group) is 1. The van der Waals surface area contributed by atoms with Gasteiger partial charge in [0, 0.05) is 54.6 Å². The summed E-state index contributed by atoms with van der Waals surface area (Å²) in [5, 5.41) is 17.9. The molecule has 186 valence electrons. The molecule has 0 spiro atoms. The minimum Gasteiger partial charge on any atom is -0.353 e. The van der Waals surface area contributed by atoms with Gasteiger partial charge in [0.25, 0.3) is 0 Å². The Hall–Kier alpha value is -2.79. The fourth-order valence-electron chi connectivity index (χ4n) is 3.42. The van der Waals surface area contributed by atoms with E-state index in [-0.39, 0.29) is 11.5 Å². The minimum atomic E-state index is -0.459. The van der Waals surface area contributed by atoms with Crippen molar-refractivity contribution in [1.82, 2.24) is 25.4 Å². The van der Waals surface area contributed by atoms with E-state index in [1.54, 1.807) is 24.4 Å². The second kappa shape index (κ2) is 13.3. The van der Waals surface area contributed by atoms with Gasteiger partial charge in [-0.05, 0) is 50.3 Å². The van der Waals surface area contributed by atoms with Crippen molar-refractivity contribution in [2.45, 2.75) is 24.8 Å². The monoisotopic (exact) mass is 517 g/mol. The Morgan fingerprint density at radius 1 is 1.14 bits per heavy atom. The number of rotatable bonds is 12. The first-order valence-electron chi connectivity index (χ1n) is 11.3. The maximum atomic E-state index is 14.3. The molecule has 2 heterocycles. The van der Waals surface area contributed by atoms with E-state index in [0.717, 1.165) is 26.1 Å². The second-order valence-electron chi connectivity index (χ2n) is 7.89. The molecule has 0 bridgehead atoms. The largest absolute Gasteiger partial charge is 0.353 e. The highest BCUT2D eigenvalue weighted by molar-refractivity contribution is 7.80. The van der Waals surface area contributed by atoms with Gasteiger partial charge in [-0.3, -0.25) is 4.79 Å². The smallest absolute Gasteiger partial charge is 0.226 e. The number of hydrogen-bond donors (Lipinski definition) is 4. The van der Waals surface area contributed by atoms with E-state index >= 15 is 0 Å². The Kier molecular flexibility index (Phi) is 10.2. The third kappa shape index (κ3) is 8.14. The standard InChI is InChI=1S/C24H29ClFN7OS/c1-3-10-33(12-9-27-2)11-7-23(34)30-22-14-17(6-8-28-22)29-21-15-20(31-32-24(21)35)18-13-16(25)4-5-19(18)26/h4-6,8,13-15,27H,3,7,9-12H2,1-2H3,(H,32,35)(H2,28,29,30,31,34). The molecule has 3 aromatic rings. The highest BCUT2D eigenvalue weighted by atomic mass is 35.5. The fraction of sp³-hybridized carbons (Fsp3) is 0.333. The lowest BCUT2D eigenvalue weighted by Crippen LogP contribution is -2.34. The first-order chi connectivity index (χ1) is 16.9. The molecule has 1 amide bonds. The average molecular weight is 518 g/mol. The molecule has 0 aliphatic heterocycles. The van der Waals surface area contributed by atoms with Crippen LogP contribution in [0.15, 0.2) is 47.6 Å². The number of thiol groups is 1. The van der Waals surface area contributed by atoms with Gasteiger partial charge in [0.2, 0.25) is 5.91 Å². The van der Waals surface area contributed by atoms with E-state index in [1.165, 1.54) is 18.2 Å². The van der Waals surface area contributed by atoms with Crippen LogP contribution in [0.5, 0.6) is 0 Å². The van der Waals surface area contributed by atoms with Crippen LogP contribution in [0.25, 0.3) is 11.3 Å². The van der Waals surface area contributed by atoms with Crippen LogP contribution in [0.4, 0.5) is 21.6 Å². The Balaban J connectivity index is 1.67. The molecule has 2 aromatic heterocycles. The van der Waals surface area contributed by atoms with Gasteiger partial charge in [-0.2, -0.15) is 0 Å². The molecule has 3 N–H and O–H groups in total. The van der Waals surface area contributed by atoms with Gasteiger partial charge >= 0.3 is 0 Å². The molecule has 0 fully saturated rings. The van der Waals surface area contributed by atoms with E-state index in [9.17, 15) is 9.18 Å². The van der Waals surface area contributed by atoms with Crippen LogP contribution in [0.3, 0.4) is 0 Å². The van der Waals surface area contributed by atoms with Crippen molar-refractivity contribution in [3.8, 4) is 11.3 Å². The van der Waals surface area contributed by atoms with Crippen molar-refractivity contribution in [2.24, 2.45) is 0 Å². The number of carbonyl (C=O) groups is 1. The van der Waals surface area contributed by atoms with Gasteiger partial charge in [0.15, 0.2) is 0 Å². The number of hydrogen-bond acceptors (Lipinski definition) is 8. The van der Waals surface area contributed by atoms with Gasteiger partial charge < -0.3 is 20.9 Å². The van der Waals surface area contributed by atoms with Gasteiger partial charge in [0.05, 0.1) is 11.4 Å². The molecule has 0 aliphatic rings. The maximum Gasteiger partial charge on any atom is 0.226 e. The van der Waals surface area contributed by atoms with Crippen molar-refractivity contribution in [1.29, 1.82) is 0 Å².